The number of hydrogen-bond donors (Lipinski definition) is 2. The number of aryl methyl sites for hydroxylation is 2. The van der Waals surface area contributed by atoms with Crippen molar-refractivity contribution in [1.29, 1.82) is 0 Å². The number of oxime groups is 1. The fourth-order valence-corrected chi connectivity index (χ4v) is 2.00. The summed E-state index contributed by atoms with van der Waals surface area (Å²) in [6, 6.07) is 2.04. The molecule has 0 bridgehead atoms. The third-order valence-electron chi connectivity index (χ3n) is 3.09. The molecule has 0 saturated carbocycles. The summed E-state index contributed by atoms with van der Waals surface area (Å²) in [6.45, 7) is 6.43. The summed E-state index contributed by atoms with van der Waals surface area (Å²) < 4.78 is 5.15. The average molecular weight is 266 g/mol. The largest absolute Gasteiger partial charge is 0.409 e. The zero-order valence-electron chi connectivity index (χ0n) is 12.1. The molecule has 1 unspecified atom stereocenters. The van der Waals surface area contributed by atoms with E-state index in [0.29, 0.717) is 18.0 Å². The summed E-state index contributed by atoms with van der Waals surface area (Å²) in [5.74, 6) is 0.758. The molecule has 3 N–H and O–H groups in total. The van der Waals surface area contributed by atoms with Gasteiger partial charge in [0, 0.05) is 19.9 Å². The maximum atomic E-state index is 8.92. The first-order valence-corrected chi connectivity index (χ1v) is 6.10. The van der Waals surface area contributed by atoms with Gasteiger partial charge in [-0.15, -0.1) is 0 Å². The molecule has 0 radical (unpaired) electrons. The Kier molecular flexibility index (Phi) is 5.11. The molecule has 6 heteroatoms. The van der Waals surface area contributed by atoms with Crippen LogP contribution in [0.5, 0.6) is 0 Å². The van der Waals surface area contributed by atoms with Gasteiger partial charge in [0.05, 0.1) is 18.2 Å². The van der Waals surface area contributed by atoms with E-state index in [1.807, 2.05) is 38.8 Å². The molecule has 1 aromatic heterocycles. The summed E-state index contributed by atoms with van der Waals surface area (Å²) >= 11 is 0. The van der Waals surface area contributed by atoms with Crippen molar-refractivity contribution in [3.8, 4) is 0 Å². The predicted molar refractivity (Wildman–Crippen MR) is 76.0 cm³/mol. The van der Waals surface area contributed by atoms with Gasteiger partial charge in [-0.3, -0.25) is 0 Å². The highest BCUT2D eigenvalue weighted by Gasteiger charge is 2.19. The number of amidine groups is 1. The van der Waals surface area contributed by atoms with Crippen LogP contribution >= 0.6 is 0 Å². The van der Waals surface area contributed by atoms with Crippen molar-refractivity contribution in [1.82, 2.24) is 4.98 Å². The van der Waals surface area contributed by atoms with Crippen LogP contribution in [0.2, 0.25) is 0 Å². The van der Waals surface area contributed by atoms with Crippen molar-refractivity contribution in [3.63, 3.8) is 0 Å². The van der Waals surface area contributed by atoms with Crippen LogP contribution in [0.4, 0.5) is 5.82 Å². The van der Waals surface area contributed by atoms with Gasteiger partial charge in [-0.2, -0.15) is 0 Å². The zero-order valence-corrected chi connectivity index (χ0v) is 12.1. The van der Waals surface area contributed by atoms with Crippen molar-refractivity contribution in [2.24, 2.45) is 10.9 Å². The number of methoxy groups -OCH3 is 1. The molecular formula is C13H22N4O2. The Bertz CT molecular complexity index is 474. The van der Waals surface area contributed by atoms with Gasteiger partial charge in [0.15, 0.2) is 5.84 Å². The Balaban J connectivity index is 3.32. The van der Waals surface area contributed by atoms with Gasteiger partial charge in [-0.25, -0.2) is 4.98 Å². The first kappa shape index (κ1) is 15.2. The number of nitrogens with zero attached hydrogens (tertiary/aromatic N) is 3. The highest BCUT2D eigenvalue weighted by Crippen LogP contribution is 2.23. The molecule has 0 amide bonds. The Hall–Kier alpha value is -1.82. The molecule has 1 atom stereocenters. The topological polar surface area (TPSA) is 84.0 Å². The number of rotatable bonds is 5. The minimum Gasteiger partial charge on any atom is -0.409 e. The Labute approximate surface area is 113 Å². The van der Waals surface area contributed by atoms with Crippen molar-refractivity contribution < 1.29 is 9.94 Å². The monoisotopic (exact) mass is 266 g/mol. The maximum absolute atomic E-state index is 8.92. The number of pyridine rings is 1. The normalized spacial score (nSPS) is 13.4. The molecule has 6 nitrogen and oxygen atoms in total. The number of hydrogen-bond acceptors (Lipinski definition) is 5. The minimum atomic E-state index is 0.0662. The van der Waals surface area contributed by atoms with Gasteiger partial charge in [0.2, 0.25) is 0 Å². The lowest BCUT2D eigenvalue weighted by atomic mass is 10.1. The van der Waals surface area contributed by atoms with Crippen molar-refractivity contribution in [2.45, 2.75) is 26.8 Å². The SMILES string of the molecule is COCC(C)N(C)c1nc(C)cc(C)c1/C(N)=N/O. The number of anilines is 1. The molecule has 106 valence electrons. The zero-order chi connectivity index (χ0) is 14.6. The molecule has 0 spiro atoms. The molecule has 0 aliphatic heterocycles. The van der Waals surface area contributed by atoms with Gasteiger partial charge in [0.1, 0.15) is 5.82 Å². The van der Waals surface area contributed by atoms with E-state index in [2.05, 4.69) is 10.1 Å². The number of ether oxygens (including phenoxy) is 1. The predicted octanol–water partition coefficient (Wildman–Crippen LogP) is 1.26. The number of likely N-dealkylation sites (N-methyl/N-ethyl adjacent to an activating group) is 1. The van der Waals surface area contributed by atoms with E-state index in [9.17, 15) is 0 Å². The van der Waals surface area contributed by atoms with Crippen molar-refractivity contribution in [2.75, 3.05) is 25.7 Å². The lowest BCUT2D eigenvalue weighted by Crippen LogP contribution is -2.35. The standard InChI is InChI=1S/C13H22N4O2/c1-8-6-9(2)15-13(11(8)12(14)16-18)17(4)10(3)7-19-5/h6,10,18H,7H2,1-5H3,(H2,14,16). The average Bonchev–Trinajstić information content (AvgIpc) is 2.36. The van der Waals surface area contributed by atoms with Crippen LogP contribution in [0, 0.1) is 13.8 Å². The highest BCUT2D eigenvalue weighted by molar-refractivity contribution is 6.02. The molecule has 1 aromatic rings. The van der Waals surface area contributed by atoms with Crippen LogP contribution in [0.25, 0.3) is 0 Å². The molecular weight excluding hydrogens is 244 g/mol. The van der Waals surface area contributed by atoms with Gasteiger partial charge in [-0.05, 0) is 32.4 Å². The van der Waals surface area contributed by atoms with E-state index in [-0.39, 0.29) is 11.9 Å². The van der Waals surface area contributed by atoms with Crippen LogP contribution in [-0.2, 0) is 4.74 Å². The van der Waals surface area contributed by atoms with Crippen molar-refractivity contribution >= 4 is 11.7 Å². The van der Waals surface area contributed by atoms with Gasteiger partial charge >= 0.3 is 0 Å². The maximum Gasteiger partial charge on any atom is 0.174 e. The van der Waals surface area contributed by atoms with Gasteiger partial charge in [-0.1, -0.05) is 5.16 Å². The quantitative estimate of drug-likeness (QED) is 0.363. The van der Waals surface area contributed by atoms with Crippen LogP contribution in [0.15, 0.2) is 11.2 Å². The summed E-state index contributed by atoms with van der Waals surface area (Å²) in [5.41, 5.74) is 8.22. The minimum absolute atomic E-state index is 0.0662. The van der Waals surface area contributed by atoms with Crippen LogP contribution in [-0.4, -0.2) is 42.8 Å². The molecule has 1 heterocycles. The molecule has 0 fully saturated rings. The van der Waals surface area contributed by atoms with Crippen LogP contribution in [0.3, 0.4) is 0 Å². The molecule has 0 aliphatic rings. The second-order valence-electron chi connectivity index (χ2n) is 4.68. The van der Waals surface area contributed by atoms with E-state index in [1.165, 1.54) is 0 Å². The van der Waals surface area contributed by atoms with E-state index >= 15 is 0 Å². The van der Waals surface area contributed by atoms with Crippen LogP contribution < -0.4 is 10.6 Å². The Morgan fingerprint density at radius 1 is 1.58 bits per heavy atom. The molecule has 0 aliphatic carbocycles. The van der Waals surface area contributed by atoms with Gasteiger partial charge < -0.3 is 20.6 Å². The second kappa shape index (κ2) is 6.38. The van der Waals surface area contributed by atoms with E-state index in [0.717, 1.165) is 11.3 Å². The number of aromatic nitrogens is 1. The fraction of sp³-hybridized carbons (Fsp3) is 0.538. The van der Waals surface area contributed by atoms with Crippen molar-refractivity contribution in [3.05, 3.63) is 22.9 Å². The smallest absolute Gasteiger partial charge is 0.174 e. The lowest BCUT2D eigenvalue weighted by molar-refractivity contribution is 0.183. The Morgan fingerprint density at radius 2 is 2.21 bits per heavy atom. The Morgan fingerprint density at radius 3 is 2.74 bits per heavy atom. The van der Waals surface area contributed by atoms with Crippen LogP contribution in [0.1, 0.15) is 23.7 Å². The van der Waals surface area contributed by atoms with E-state index in [4.69, 9.17) is 15.7 Å². The fourth-order valence-electron chi connectivity index (χ4n) is 2.00. The third kappa shape index (κ3) is 3.35. The first-order valence-electron chi connectivity index (χ1n) is 6.10. The summed E-state index contributed by atoms with van der Waals surface area (Å²) in [5, 5.41) is 12.0. The third-order valence-corrected chi connectivity index (χ3v) is 3.09. The molecule has 0 saturated heterocycles. The summed E-state index contributed by atoms with van der Waals surface area (Å²) in [4.78, 5) is 6.47. The highest BCUT2D eigenvalue weighted by atomic mass is 16.5. The molecule has 19 heavy (non-hydrogen) atoms. The van der Waals surface area contributed by atoms with E-state index < -0.39 is 0 Å². The van der Waals surface area contributed by atoms with Gasteiger partial charge in [0.25, 0.3) is 0 Å². The summed E-state index contributed by atoms with van der Waals surface area (Å²) in [6.07, 6.45) is 0. The molecule has 1 rings (SSSR count). The first-order chi connectivity index (χ1) is 8.92. The summed E-state index contributed by atoms with van der Waals surface area (Å²) in [7, 11) is 3.57. The lowest BCUT2D eigenvalue weighted by Gasteiger charge is -2.28. The number of nitrogens with two attached hydrogens (primary N) is 1. The second-order valence-corrected chi connectivity index (χ2v) is 4.68. The molecule has 0 aromatic carbocycles. The van der Waals surface area contributed by atoms with E-state index in [1.54, 1.807) is 7.11 Å².